The van der Waals surface area contributed by atoms with Crippen molar-refractivity contribution in [3.63, 3.8) is 0 Å². The average Bonchev–Trinajstić information content (AvgIpc) is 2.76. The molecule has 2 N–H and O–H groups in total. The second-order valence-corrected chi connectivity index (χ2v) is 8.35. The van der Waals surface area contributed by atoms with E-state index in [1.165, 1.54) is 17.1 Å². The minimum Gasteiger partial charge on any atom is -0.274 e. The minimum atomic E-state index is -3.72. The van der Waals surface area contributed by atoms with Crippen LogP contribution in [0.2, 0.25) is 0 Å². The van der Waals surface area contributed by atoms with Gasteiger partial charge in [-0.05, 0) is 12.8 Å². The molecule has 10 heteroatoms. The number of nitrogens with zero attached hydrogens (tertiary/aromatic N) is 3. The van der Waals surface area contributed by atoms with E-state index in [-0.39, 0.29) is 11.4 Å². The smallest absolute Gasteiger partial charge is 0.246 e. The van der Waals surface area contributed by atoms with Crippen LogP contribution in [-0.2, 0) is 27.1 Å². The van der Waals surface area contributed by atoms with Gasteiger partial charge in [-0.15, -0.1) is 0 Å². The summed E-state index contributed by atoms with van der Waals surface area (Å²) in [6.07, 6.45) is 3.49. The minimum absolute atomic E-state index is 0.0602. The summed E-state index contributed by atoms with van der Waals surface area (Å²) in [5.74, 6) is 0. The summed E-state index contributed by atoms with van der Waals surface area (Å²) in [6, 6.07) is 0. The highest BCUT2D eigenvalue weighted by atomic mass is 32.2. The van der Waals surface area contributed by atoms with E-state index in [4.69, 9.17) is 5.14 Å². The van der Waals surface area contributed by atoms with Crippen LogP contribution >= 0.6 is 0 Å². The summed E-state index contributed by atoms with van der Waals surface area (Å²) >= 11 is 0. The van der Waals surface area contributed by atoms with Crippen molar-refractivity contribution < 1.29 is 16.8 Å². The Hall–Kier alpha value is -0.970. The highest BCUT2D eigenvalue weighted by Gasteiger charge is 2.35. The Labute approximate surface area is 112 Å². The van der Waals surface area contributed by atoms with Crippen LogP contribution in [0.3, 0.4) is 0 Å². The second kappa shape index (κ2) is 4.85. The van der Waals surface area contributed by atoms with Crippen molar-refractivity contribution in [1.82, 2.24) is 14.1 Å². The molecule has 8 nitrogen and oxygen atoms in total. The molecule has 1 atom stereocenters. The molecule has 0 spiro atoms. The molecule has 2 rings (SSSR count). The largest absolute Gasteiger partial charge is 0.274 e. The van der Waals surface area contributed by atoms with Gasteiger partial charge >= 0.3 is 0 Å². The lowest BCUT2D eigenvalue weighted by molar-refractivity contribution is 0.346. The summed E-state index contributed by atoms with van der Waals surface area (Å²) in [6.45, 7) is 0.194. The van der Waals surface area contributed by atoms with Crippen LogP contribution in [0.5, 0.6) is 0 Å². The van der Waals surface area contributed by atoms with Gasteiger partial charge in [0.2, 0.25) is 20.0 Å². The molecule has 1 aliphatic heterocycles. The number of primary sulfonamides is 1. The van der Waals surface area contributed by atoms with Gasteiger partial charge in [0.1, 0.15) is 4.90 Å². The zero-order chi connectivity index (χ0) is 14.3. The molecule has 1 fully saturated rings. The van der Waals surface area contributed by atoms with E-state index in [1.54, 1.807) is 7.05 Å². The van der Waals surface area contributed by atoms with E-state index in [1.807, 2.05) is 0 Å². The van der Waals surface area contributed by atoms with Gasteiger partial charge in [0.05, 0.1) is 11.4 Å². The first-order valence-electron chi connectivity index (χ1n) is 5.71. The van der Waals surface area contributed by atoms with E-state index in [0.717, 1.165) is 4.31 Å². The molecule has 2 heterocycles. The first-order chi connectivity index (χ1) is 8.71. The summed E-state index contributed by atoms with van der Waals surface area (Å²) in [4.78, 5) is 0.0602. The monoisotopic (exact) mass is 308 g/mol. The van der Waals surface area contributed by atoms with Crippen molar-refractivity contribution >= 4 is 20.0 Å². The van der Waals surface area contributed by atoms with Crippen LogP contribution in [-0.4, -0.2) is 49.3 Å². The molecular weight excluding hydrogens is 292 g/mol. The van der Waals surface area contributed by atoms with Crippen LogP contribution in [0.25, 0.3) is 0 Å². The van der Waals surface area contributed by atoms with Crippen LogP contribution in [0, 0.1) is 0 Å². The predicted molar refractivity (Wildman–Crippen MR) is 68.1 cm³/mol. The molecular formula is C9H16N4O4S2. The third-order valence-electron chi connectivity index (χ3n) is 3.12. The number of rotatable bonds is 3. The summed E-state index contributed by atoms with van der Waals surface area (Å²) in [5, 5.41) is 8.07. The maximum atomic E-state index is 12.3. The Morgan fingerprint density at radius 3 is 2.58 bits per heavy atom. The Morgan fingerprint density at radius 1 is 1.37 bits per heavy atom. The first kappa shape index (κ1) is 14.4. The molecule has 108 valence electrons. The van der Waals surface area contributed by atoms with E-state index in [9.17, 15) is 16.8 Å². The molecule has 0 aromatic carbocycles. The summed E-state index contributed by atoms with van der Waals surface area (Å²) < 4.78 is 49.8. The maximum absolute atomic E-state index is 12.3. The topological polar surface area (TPSA) is 115 Å². The number of hydrogen-bond acceptors (Lipinski definition) is 5. The second-order valence-electron chi connectivity index (χ2n) is 4.57. The van der Waals surface area contributed by atoms with Crippen molar-refractivity contribution in [2.24, 2.45) is 12.2 Å². The summed E-state index contributed by atoms with van der Waals surface area (Å²) in [7, 11) is -5.81. The Balaban J connectivity index is 2.27. The van der Waals surface area contributed by atoms with E-state index < -0.39 is 25.3 Å². The molecule has 0 amide bonds. The standard InChI is InChI=1S/C9H16N4O4S2/c1-12-6-9(5-11-12)19(16,17)13-4-2-3-8(7-13)18(10,14)15/h5-6,8H,2-4,7H2,1H3,(H2,10,14,15). The first-order valence-corrected chi connectivity index (χ1v) is 8.76. The van der Waals surface area contributed by atoms with Crippen molar-refractivity contribution in [3.05, 3.63) is 12.4 Å². The molecule has 1 aromatic heterocycles. The number of nitrogens with two attached hydrogens (primary N) is 1. The van der Waals surface area contributed by atoms with E-state index >= 15 is 0 Å². The van der Waals surface area contributed by atoms with Gasteiger partial charge in [0.25, 0.3) is 0 Å². The van der Waals surface area contributed by atoms with Gasteiger partial charge in [0, 0.05) is 26.3 Å². The molecule has 1 unspecified atom stereocenters. The molecule has 1 aromatic rings. The SMILES string of the molecule is Cn1cc(S(=O)(=O)N2CCCC(S(N)(=O)=O)C2)cn1. The number of piperidine rings is 1. The molecule has 1 saturated heterocycles. The highest BCUT2D eigenvalue weighted by molar-refractivity contribution is 7.90. The Kier molecular flexibility index (Phi) is 3.69. The number of aryl methyl sites for hydroxylation is 1. The normalized spacial score (nSPS) is 22.5. The van der Waals surface area contributed by atoms with Crippen LogP contribution in [0.15, 0.2) is 17.3 Å². The predicted octanol–water partition coefficient (Wildman–Crippen LogP) is -1.14. The molecule has 0 aliphatic carbocycles. The molecule has 19 heavy (non-hydrogen) atoms. The number of sulfonamides is 2. The van der Waals surface area contributed by atoms with Crippen LogP contribution < -0.4 is 5.14 Å². The Morgan fingerprint density at radius 2 is 2.05 bits per heavy atom. The highest BCUT2D eigenvalue weighted by Crippen LogP contribution is 2.22. The zero-order valence-electron chi connectivity index (χ0n) is 10.4. The van der Waals surface area contributed by atoms with Gasteiger partial charge < -0.3 is 0 Å². The lowest BCUT2D eigenvalue weighted by Gasteiger charge is -2.30. The summed E-state index contributed by atoms with van der Waals surface area (Å²) in [5.41, 5.74) is 0. The van der Waals surface area contributed by atoms with Gasteiger partial charge in [-0.3, -0.25) is 4.68 Å². The zero-order valence-corrected chi connectivity index (χ0v) is 12.1. The quantitative estimate of drug-likeness (QED) is 0.758. The molecule has 1 aliphatic rings. The molecule has 0 radical (unpaired) electrons. The number of hydrogen-bond donors (Lipinski definition) is 1. The number of aromatic nitrogens is 2. The fourth-order valence-electron chi connectivity index (χ4n) is 2.07. The van der Waals surface area contributed by atoms with Crippen molar-refractivity contribution in [2.45, 2.75) is 23.0 Å². The molecule has 0 saturated carbocycles. The lowest BCUT2D eigenvalue weighted by Crippen LogP contribution is -2.46. The van der Waals surface area contributed by atoms with Gasteiger partial charge in [-0.1, -0.05) is 0 Å². The van der Waals surface area contributed by atoms with Crippen molar-refractivity contribution in [3.8, 4) is 0 Å². The lowest BCUT2D eigenvalue weighted by atomic mass is 10.2. The fourth-order valence-corrected chi connectivity index (χ4v) is 4.56. The van der Waals surface area contributed by atoms with Gasteiger partial charge in [-0.25, -0.2) is 22.0 Å². The van der Waals surface area contributed by atoms with E-state index in [0.29, 0.717) is 19.4 Å². The maximum Gasteiger partial charge on any atom is 0.246 e. The van der Waals surface area contributed by atoms with Crippen molar-refractivity contribution in [1.29, 1.82) is 0 Å². The average molecular weight is 308 g/mol. The Bertz CT molecular complexity index is 664. The van der Waals surface area contributed by atoms with Crippen LogP contribution in [0.4, 0.5) is 0 Å². The fraction of sp³-hybridized carbons (Fsp3) is 0.667. The third kappa shape index (κ3) is 2.96. The van der Waals surface area contributed by atoms with Gasteiger partial charge in [-0.2, -0.15) is 9.40 Å². The van der Waals surface area contributed by atoms with E-state index in [2.05, 4.69) is 5.10 Å². The van der Waals surface area contributed by atoms with Crippen molar-refractivity contribution in [2.75, 3.05) is 13.1 Å². The molecule has 0 bridgehead atoms. The third-order valence-corrected chi connectivity index (χ3v) is 6.26. The van der Waals surface area contributed by atoms with Crippen LogP contribution in [0.1, 0.15) is 12.8 Å². The van der Waals surface area contributed by atoms with Gasteiger partial charge in [0.15, 0.2) is 0 Å².